The monoisotopic (exact) mass is 645 g/mol. The molecular weight excluding hydrogens is 618 g/mol. The summed E-state index contributed by atoms with van der Waals surface area (Å²) in [6.45, 7) is 1.76. The summed E-state index contributed by atoms with van der Waals surface area (Å²) in [5, 5.41) is 14.1. The fraction of sp³-hybridized carbons (Fsp3) is 0.0857. The van der Waals surface area contributed by atoms with Crippen LogP contribution in [0.3, 0.4) is 0 Å². The first-order valence-electron chi connectivity index (χ1n) is 14.4. The van der Waals surface area contributed by atoms with E-state index in [0.717, 1.165) is 16.5 Å². The third kappa shape index (κ3) is 6.65. The van der Waals surface area contributed by atoms with Crippen molar-refractivity contribution < 1.29 is 19.1 Å². The van der Waals surface area contributed by atoms with Gasteiger partial charge in [-0.25, -0.2) is 4.99 Å². The zero-order chi connectivity index (χ0) is 32.9. The van der Waals surface area contributed by atoms with Crippen LogP contribution >= 0.6 is 11.6 Å². The van der Waals surface area contributed by atoms with Gasteiger partial charge in [0.05, 0.1) is 25.6 Å². The molecule has 0 bridgehead atoms. The number of halogens is 1. The lowest BCUT2D eigenvalue weighted by atomic mass is 10.1. The molecule has 47 heavy (non-hydrogen) atoms. The Morgan fingerprint density at radius 2 is 1.64 bits per heavy atom. The minimum atomic E-state index is -0.603. The number of amidine groups is 2. The van der Waals surface area contributed by atoms with E-state index in [0.29, 0.717) is 45.0 Å². The van der Waals surface area contributed by atoms with Crippen molar-refractivity contribution in [1.29, 1.82) is 0 Å². The lowest BCUT2D eigenvalue weighted by Gasteiger charge is -2.16. The third-order valence-corrected chi connectivity index (χ3v) is 7.58. The summed E-state index contributed by atoms with van der Waals surface area (Å²) in [5.41, 5.74) is 7.07. The van der Waals surface area contributed by atoms with Crippen LogP contribution in [-0.4, -0.2) is 42.7 Å². The molecule has 0 aliphatic carbocycles. The van der Waals surface area contributed by atoms with E-state index in [9.17, 15) is 9.59 Å². The average Bonchev–Trinajstić information content (AvgIpc) is 3.63. The van der Waals surface area contributed by atoms with Gasteiger partial charge in [-0.1, -0.05) is 29.8 Å². The summed E-state index contributed by atoms with van der Waals surface area (Å²) in [4.78, 5) is 35.7. The second-order valence-electron chi connectivity index (χ2n) is 10.3. The summed E-state index contributed by atoms with van der Waals surface area (Å²) < 4.78 is 10.8. The number of amides is 2. The van der Waals surface area contributed by atoms with Gasteiger partial charge in [-0.15, -0.1) is 10.2 Å². The molecule has 5 aromatic rings. The van der Waals surface area contributed by atoms with Crippen LogP contribution < -0.4 is 19.8 Å². The number of nitrogens with zero attached hydrogens (tertiary/aromatic N) is 5. The zero-order valence-electron chi connectivity index (χ0n) is 25.6. The van der Waals surface area contributed by atoms with Crippen molar-refractivity contribution in [2.75, 3.05) is 24.5 Å². The molecule has 11 nitrogen and oxygen atoms in total. The highest BCUT2D eigenvalue weighted by Crippen LogP contribution is 2.29. The lowest BCUT2D eigenvalue weighted by Crippen LogP contribution is -2.30. The van der Waals surface area contributed by atoms with E-state index in [4.69, 9.17) is 21.1 Å². The Balaban J connectivity index is 1.21. The van der Waals surface area contributed by atoms with Crippen molar-refractivity contribution in [3.63, 3.8) is 0 Å². The first-order chi connectivity index (χ1) is 22.8. The van der Waals surface area contributed by atoms with Crippen LogP contribution in [-0.2, 0) is 4.79 Å². The average molecular weight is 646 g/mol. The van der Waals surface area contributed by atoms with Crippen LogP contribution in [0, 0.1) is 0 Å². The second-order valence-corrected chi connectivity index (χ2v) is 10.7. The highest BCUT2D eigenvalue weighted by Gasteiger charge is 2.29. The van der Waals surface area contributed by atoms with Crippen molar-refractivity contribution in [3.05, 3.63) is 125 Å². The number of carbonyl (C=O) groups excluding carboxylic acids is 2. The number of hydrogen-bond donors (Lipinski definition) is 2. The van der Waals surface area contributed by atoms with Gasteiger partial charge in [-0.05, 0) is 85.8 Å². The van der Waals surface area contributed by atoms with E-state index < -0.39 is 5.91 Å². The quantitative estimate of drug-likeness (QED) is 0.0586. The zero-order valence-corrected chi connectivity index (χ0v) is 26.3. The van der Waals surface area contributed by atoms with Crippen molar-refractivity contribution >= 4 is 63.4 Å². The van der Waals surface area contributed by atoms with Crippen LogP contribution in [0.5, 0.6) is 11.5 Å². The smallest absolute Gasteiger partial charge is 0.295 e. The number of ether oxygens (including phenoxy) is 2. The van der Waals surface area contributed by atoms with Gasteiger partial charge >= 0.3 is 0 Å². The molecule has 0 fully saturated rings. The number of rotatable bonds is 8. The fourth-order valence-corrected chi connectivity index (χ4v) is 5.08. The number of hydrazone groups is 1. The van der Waals surface area contributed by atoms with Crippen LogP contribution in [0.25, 0.3) is 17.0 Å². The molecule has 2 N–H and O–H groups in total. The van der Waals surface area contributed by atoms with Gasteiger partial charge < -0.3 is 14.5 Å². The predicted molar refractivity (Wildman–Crippen MR) is 184 cm³/mol. The molecule has 4 aromatic carbocycles. The Bertz CT molecular complexity index is 2100. The number of fused-ring (bicyclic) bond motifs is 1. The normalized spacial score (nSPS) is 14.3. The van der Waals surface area contributed by atoms with Gasteiger partial charge in [0.1, 0.15) is 11.5 Å². The summed E-state index contributed by atoms with van der Waals surface area (Å²) in [6, 6.07) is 26.4. The van der Waals surface area contributed by atoms with Gasteiger partial charge in [-0.2, -0.15) is 5.10 Å². The van der Waals surface area contributed by atoms with Gasteiger partial charge in [-0.3, -0.25) is 19.9 Å². The van der Waals surface area contributed by atoms with E-state index in [1.54, 1.807) is 79.7 Å². The molecule has 6 rings (SSSR count). The topological polar surface area (TPSA) is 133 Å². The molecule has 0 saturated carbocycles. The minimum absolute atomic E-state index is 0.120. The Hall–Kier alpha value is -6.07. The molecule has 0 radical (unpaired) electrons. The van der Waals surface area contributed by atoms with Crippen LogP contribution in [0.1, 0.15) is 28.4 Å². The number of methoxy groups -OCH3 is 2. The number of hydrogen-bond acceptors (Lipinski definition) is 7. The molecule has 1 aromatic heterocycles. The number of carbonyl (C=O) groups is 2. The number of aliphatic imine (C=N–C) groups is 1. The molecule has 234 valence electrons. The number of nitrogens with one attached hydrogen (secondary N) is 2. The fourth-order valence-electron chi connectivity index (χ4n) is 4.96. The minimum Gasteiger partial charge on any atom is -0.493 e. The van der Waals surface area contributed by atoms with Crippen molar-refractivity contribution in [1.82, 2.24) is 4.98 Å². The standard InChI is InChI=1S/C35H28ClN7O4/c1-21-38-30(18-24-20-37-29-7-5-4-6-28(24)29)35(45)43(21)27-15-8-22(9-16-27)34(44)42-41-33(40-39-26-13-11-25(36)12-14-26)23-10-17-31(46-2)32(19-23)47-3/h4-20,37,39H,1-3H3/b30-18+,40-33+,42-41?. The predicted octanol–water partition coefficient (Wildman–Crippen LogP) is 7.71. The Labute approximate surface area is 274 Å². The van der Waals surface area contributed by atoms with Crippen molar-refractivity contribution in [3.8, 4) is 11.5 Å². The highest BCUT2D eigenvalue weighted by atomic mass is 35.5. The summed E-state index contributed by atoms with van der Waals surface area (Å²) in [5.74, 6) is 0.742. The summed E-state index contributed by atoms with van der Waals surface area (Å²) in [6.07, 6.45) is 3.62. The third-order valence-electron chi connectivity index (χ3n) is 7.33. The number of azo groups is 1. The summed E-state index contributed by atoms with van der Waals surface area (Å²) >= 11 is 6.00. The molecule has 0 spiro atoms. The van der Waals surface area contributed by atoms with Crippen molar-refractivity contribution in [2.24, 2.45) is 20.3 Å². The number of anilines is 2. The van der Waals surface area contributed by atoms with Gasteiger partial charge in [0, 0.05) is 38.8 Å². The van der Waals surface area contributed by atoms with E-state index in [1.807, 2.05) is 30.5 Å². The number of para-hydroxylation sites is 1. The van der Waals surface area contributed by atoms with Gasteiger partial charge in [0.25, 0.3) is 11.8 Å². The Kier molecular flexibility index (Phi) is 8.89. The van der Waals surface area contributed by atoms with E-state index in [1.165, 1.54) is 19.1 Å². The number of aromatic amines is 1. The van der Waals surface area contributed by atoms with E-state index in [2.05, 4.69) is 30.7 Å². The van der Waals surface area contributed by atoms with E-state index >= 15 is 0 Å². The number of benzene rings is 4. The number of aromatic nitrogens is 1. The molecule has 1 aliphatic heterocycles. The SMILES string of the molecule is COc1ccc(/C(N=NC(=O)c2ccc(N3C(=O)/C(=C\c4c[nH]c5ccccc45)N=C3C)cc2)=N\Nc2ccc(Cl)cc2)cc1OC. The molecule has 0 saturated heterocycles. The maximum Gasteiger partial charge on any atom is 0.295 e. The molecule has 0 atom stereocenters. The van der Waals surface area contributed by atoms with Gasteiger partial charge in [0.15, 0.2) is 11.5 Å². The van der Waals surface area contributed by atoms with Crippen molar-refractivity contribution in [2.45, 2.75) is 6.92 Å². The lowest BCUT2D eigenvalue weighted by molar-refractivity contribution is -0.113. The first kappa shape index (κ1) is 30.9. The molecule has 2 amide bonds. The Morgan fingerprint density at radius 1 is 0.915 bits per heavy atom. The molecular formula is C35H28ClN7O4. The van der Waals surface area contributed by atoms with Gasteiger partial charge in [0.2, 0.25) is 5.84 Å². The van der Waals surface area contributed by atoms with Crippen LogP contribution in [0.4, 0.5) is 11.4 Å². The highest BCUT2D eigenvalue weighted by molar-refractivity contribution is 6.30. The second kappa shape index (κ2) is 13.5. The number of H-pyrrole nitrogens is 1. The maximum atomic E-state index is 13.4. The maximum absolute atomic E-state index is 13.4. The van der Waals surface area contributed by atoms with E-state index in [-0.39, 0.29) is 17.3 Å². The summed E-state index contributed by atoms with van der Waals surface area (Å²) in [7, 11) is 3.05. The largest absolute Gasteiger partial charge is 0.493 e. The first-order valence-corrected chi connectivity index (χ1v) is 14.8. The van der Waals surface area contributed by atoms with Crippen LogP contribution in [0.2, 0.25) is 5.02 Å². The van der Waals surface area contributed by atoms with Crippen LogP contribution in [0.15, 0.2) is 123 Å². The molecule has 0 unspecified atom stereocenters. The molecule has 12 heteroatoms. The molecule has 2 heterocycles. The molecule has 1 aliphatic rings. The Morgan fingerprint density at radius 3 is 2.38 bits per heavy atom.